The Hall–Kier alpha value is -1.35. The quantitative estimate of drug-likeness (QED) is 0.720. The number of aromatic nitrogens is 1. The van der Waals surface area contributed by atoms with E-state index in [0.29, 0.717) is 4.84 Å². The highest BCUT2D eigenvalue weighted by atomic mass is 32.1. The van der Waals surface area contributed by atoms with Crippen LogP contribution in [0.2, 0.25) is 0 Å². The molecule has 2 aromatic rings. The molecule has 1 heterocycles. The summed E-state index contributed by atoms with van der Waals surface area (Å²) in [6.07, 6.45) is 1.78. The molecule has 1 aromatic heterocycles. The molecule has 2 rings (SSSR count). The number of rotatable bonds is 1. The molecule has 14 heavy (non-hydrogen) atoms. The van der Waals surface area contributed by atoms with E-state index in [9.17, 15) is 0 Å². The molecule has 0 saturated carbocycles. The van der Waals surface area contributed by atoms with Gasteiger partial charge in [0.15, 0.2) is 5.76 Å². The fourth-order valence-corrected chi connectivity index (χ4v) is 1.47. The Bertz CT molecular complexity index is 510. The Balaban J connectivity index is 2.52. The number of hydrogen-bond acceptors (Lipinski definition) is 2. The van der Waals surface area contributed by atoms with Crippen molar-refractivity contribution >= 4 is 12.2 Å². The van der Waals surface area contributed by atoms with Gasteiger partial charge in [0.25, 0.3) is 4.84 Å². The second-order valence-corrected chi connectivity index (χ2v) is 3.71. The third-order valence-electron chi connectivity index (χ3n) is 2.32. The van der Waals surface area contributed by atoms with Crippen molar-refractivity contribution in [1.29, 1.82) is 0 Å². The summed E-state index contributed by atoms with van der Waals surface area (Å²) in [6, 6.07) is 6.21. The molecule has 0 saturated heterocycles. The maximum atomic E-state index is 5.32. The molecule has 72 valence electrons. The molecule has 0 radical (unpaired) electrons. The highest BCUT2D eigenvalue weighted by Gasteiger charge is 2.02. The van der Waals surface area contributed by atoms with Crippen LogP contribution in [0.5, 0.6) is 0 Å². The van der Waals surface area contributed by atoms with Gasteiger partial charge in [0.1, 0.15) is 0 Å². The Morgan fingerprint density at radius 3 is 2.57 bits per heavy atom. The zero-order valence-electron chi connectivity index (χ0n) is 8.13. The van der Waals surface area contributed by atoms with Crippen LogP contribution >= 0.6 is 12.2 Å². The molecule has 0 aliphatic heterocycles. The summed E-state index contributed by atoms with van der Waals surface area (Å²) in [7, 11) is 0. The molecule has 0 spiro atoms. The van der Waals surface area contributed by atoms with Crippen molar-refractivity contribution in [3.05, 3.63) is 40.4 Å². The van der Waals surface area contributed by atoms with E-state index in [4.69, 9.17) is 16.6 Å². The SMILES string of the molecule is Cc1ccc(-c2c[nH]c(=S)o2)cc1C. The number of nitrogens with one attached hydrogen (secondary N) is 1. The maximum absolute atomic E-state index is 5.32. The first-order valence-electron chi connectivity index (χ1n) is 4.43. The first kappa shape index (κ1) is 9.21. The average molecular weight is 205 g/mol. The smallest absolute Gasteiger partial charge is 0.266 e. The van der Waals surface area contributed by atoms with E-state index < -0.39 is 0 Å². The van der Waals surface area contributed by atoms with Crippen molar-refractivity contribution in [1.82, 2.24) is 4.98 Å². The molecule has 0 aliphatic rings. The normalized spacial score (nSPS) is 10.4. The lowest BCUT2D eigenvalue weighted by molar-refractivity contribution is 0.554. The topological polar surface area (TPSA) is 28.9 Å². The number of aryl methyl sites for hydroxylation is 2. The molecule has 0 aliphatic carbocycles. The predicted molar refractivity (Wildman–Crippen MR) is 58.8 cm³/mol. The average Bonchev–Trinajstić information content (AvgIpc) is 2.57. The molecule has 3 heteroatoms. The van der Waals surface area contributed by atoms with Crippen molar-refractivity contribution in [2.24, 2.45) is 0 Å². The Kier molecular flexibility index (Phi) is 2.25. The van der Waals surface area contributed by atoms with E-state index in [-0.39, 0.29) is 0 Å². The molecule has 2 nitrogen and oxygen atoms in total. The lowest BCUT2D eigenvalue weighted by atomic mass is 10.1. The number of oxazole rings is 1. The number of H-pyrrole nitrogens is 1. The third-order valence-corrected chi connectivity index (χ3v) is 2.52. The van der Waals surface area contributed by atoms with E-state index in [1.54, 1.807) is 6.20 Å². The standard InChI is InChI=1S/C11H11NOS/c1-7-3-4-9(5-8(7)2)10-6-12-11(14)13-10/h3-6H,1-2H3,(H,12,14). The van der Waals surface area contributed by atoms with E-state index >= 15 is 0 Å². The zero-order valence-corrected chi connectivity index (χ0v) is 8.94. The summed E-state index contributed by atoms with van der Waals surface area (Å²) in [5.74, 6) is 0.790. The minimum atomic E-state index is 0.415. The van der Waals surface area contributed by atoms with Gasteiger partial charge in [0, 0.05) is 11.8 Å². The van der Waals surface area contributed by atoms with E-state index in [0.717, 1.165) is 11.3 Å². The van der Waals surface area contributed by atoms with Crippen LogP contribution in [-0.2, 0) is 0 Å². The lowest BCUT2D eigenvalue weighted by Crippen LogP contribution is -1.81. The molecular weight excluding hydrogens is 194 g/mol. The van der Waals surface area contributed by atoms with E-state index in [1.165, 1.54) is 11.1 Å². The van der Waals surface area contributed by atoms with Gasteiger partial charge in [-0.05, 0) is 43.3 Å². The second kappa shape index (κ2) is 3.42. The molecule has 0 fully saturated rings. The second-order valence-electron chi connectivity index (χ2n) is 3.34. The number of benzene rings is 1. The molecule has 0 atom stereocenters. The van der Waals surface area contributed by atoms with E-state index in [2.05, 4.69) is 31.0 Å². The van der Waals surface area contributed by atoms with Crippen molar-refractivity contribution < 1.29 is 4.42 Å². The van der Waals surface area contributed by atoms with Gasteiger partial charge in [0.2, 0.25) is 0 Å². The van der Waals surface area contributed by atoms with Gasteiger partial charge in [-0.15, -0.1) is 0 Å². The van der Waals surface area contributed by atoms with Crippen molar-refractivity contribution in [2.45, 2.75) is 13.8 Å². The van der Waals surface area contributed by atoms with Crippen LogP contribution in [0.15, 0.2) is 28.8 Å². The van der Waals surface area contributed by atoms with Crippen molar-refractivity contribution in [3.63, 3.8) is 0 Å². The molecule has 1 aromatic carbocycles. The fraction of sp³-hybridized carbons (Fsp3) is 0.182. The van der Waals surface area contributed by atoms with Crippen LogP contribution in [0.1, 0.15) is 11.1 Å². The van der Waals surface area contributed by atoms with Crippen LogP contribution in [0.4, 0.5) is 0 Å². The Morgan fingerprint density at radius 2 is 2.00 bits per heavy atom. The largest absolute Gasteiger partial charge is 0.429 e. The maximum Gasteiger partial charge on any atom is 0.266 e. The Morgan fingerprint density at radius 1 is 1.21 bits per heavy atom. The fourth-order valence-electron chi connectivity index (χ4n) is 1.32. The highest BCUT2D eigenvalue weighted by molar-refractivity contribution is 7.71. The van der Waals surface area contributed by atoms with Gasteiger partial charge in [-0.2, -0.15) is 0 Å². The molecular formula is C11H11NOS. The van der Waals surface area contributed by atoms with Gasteiger partial charge < -0.3 is 9.40 Å². The summed E-state index contributed by atoms with van der Waals surface area (Å²) in [5, 5.41) is 0. The van der Waals surface area contributed by atoms with Gasteiger partial charge in [-0.1, -0.05) is 12.1 Å². The number of aromatic amines is 1. The van der Waals surface area contributed by atoms with Gasteiger partial charge in [0.05, 0.1) is 0 Å². The molecule has 0 bridgehead atoms. The van der Waals surface area contributed by atoms with Crippen LogP contribution in [-0.4, -0.2) is 4.98 Å². The van der Waals surface area contributed by atoms with Crippen molar-refractivity contribution in [3.8, 4) is 11.3 Å². The van der Waals surface area contributed by atoms with Crippen LogP contribution in [0.3, 0.4) is 0 Å². The summed E-state index contributed by atoms with van der Waals surface area (Å²) < 4.78 is 5.32. The minimum absolute atomic E-state index is 0.415. The van der Waals surface area contributed by atoms with Crippen LogP contribution < -0.4 is 0 Å². The highest BCUT2D eigenvalue weighted by Crippen LogP contribution is 2.21. The summed E-state index contributed by atoms with van der Waals surface area (Å²) in [4.78, 5) is 3.26. The molecule has 1 N–H and O–H groups in total. The zero-order chi connectivity index (χ0) is 10.1. The first-order chi connectivity index (χ1) is 6.66. The molecule has 0 amide bonds. The number of hydrogen-bond donors (Lipinski definition) is 1. The van der Waals surface area contributed by atoms with Gasteiger partial charge >= 0.3 is 0 Å². The summed E-state index contributed by atoms with van der Waals surface area (Å²) in [6.45, 7) is 4.17. The van der Waals surface area contributed by atoms with Crippen molar-refractivity contribution in [2.75, 3.05) is 0 Å². The van der Waals surface area contributed by atoms with Crippen LogP contribution in [0, 0.1) is 18.7 Å². The lowest BCUT2D eigenvalue weighted by Gasteiger charge is -2.01. The summed E-state index contributed by atoms with van der Waals surface area (Å²) >= 11 is 4.87. The molecule has 0 unspecified atom stereocenters. The van der Waals surface area contributed by atoms with Crippen LogP contribution in [0.25, 0.3) is 11.3 Å². The van der Waals surface area contributed by atoms with Gasteiger partial charge in [-0.3, -0.25) is 0 Å². The van der Waals surface area contributed by atoms with Gasteiger partial charge in [-0.25, -0.2) is 0 Å². The Labute approximate surface area is 87.6 Å². The summed E-state index contributed by atoms with van der Waals surface area (Å²) in [5.41, 5.74) is 3.59. The minimum Gasteiger partial charge on any atom is -0.429 e. The third kappa shape index (κ3) is 1.63. The predicted octanol–water partition coefficient (Wildman–Crippen LogP) is 3.62. The monoisotopic (exact) mass is 205 g/mol. The van der Waals surface area contributed by atoms with E-state index in [1.807, 2.05) is 6.07 Å². The first-order valence-corrected chi connectivity index (χ1v) is 4.84.